The minimum absolute atomic E-state index is 0.918. The molecule has 0 saturated heterocycles. The summed E-state index contributed by atoms with van der Waals surface area (Å²) < 4.78 is 1.62. The van der Waals surface area contributed by atoms with Gasteiger partial charge in [-0.05, 0) is 6.92 Å². The lowest BCUT2D eigenvalue weighted by molar-refractivity contribution is 1.19. The third kappa shape index (κ3) is 1.33. The third-order valence-electron chi connectivity index (χ3n) is 0.937. The van der Waals surface area contributed by atoms with E-state index < -0.39 is 0 Å². The van der Waals surface area contributed by atoms with Crippen molar-refractivity contribution in [2.45, 2.75) is 6.92 Å². The van der Waals surface area contributed by atoms with Gasteiger partial charge < -0.3 is 4.48 Å². The summed E-state index contributed by atoms with van der Waals surface area (Å²) in [6.45, 7) is 1.88. The zero-order valence-electron chi connectivity index (χ0n) is 5.07. The second-order valence-electron chi connectivity index (χ2n) is 1.72. The highest BCUT2D eigenvalue weighted by atomic mass is 15.0. The summed E-state index contributed by atoms with van der Waals surface area (Å²) in [5.74, 6) is 1.90. The molecule has 3 nitrogen and oxygen atoms in total. The van der Waals surface area contributed by atoms with Gasteiger partial charge in [0.25, 0.3) is 0 Å². The van der Waals surface area contributed by atoms with Crippen molar-refractivity contribution in [3.8, 4) is 5.97 Å². The molecule has 4 heteroatoms. The van der Waals surface area contributed by atoms with Gasteiger partial charge >= 0.3 is 7.41 Å². The molecule has 0 atom stereocenters. The Morgan fingerprint density at radius 2 is 2.67 bits per heavy atom. The van der Waals surface area contributed by atoms with Crippen molar-refractivity contribution in [3.05, 3.63) is 18.2 Å². The van der Waals surface area contributed by atoms with Crippen molar-refractivity contribution >= 4 is 7.41 Å². The highest BCUT2D eigenvalue weighted by molar-refractivity contribution is 6.43. The minimum atomic E-state index is 0.918. The Labute approximate surface area is 54.2 Å². The first-order valence-electron chi connectivity index (χ1n) is 2.56. The predicted octanol–water partition coefficient (Wildman–Crippen LogP) is 0.140. The van der Waals surface area contributed by atoms with Crippen molar-refractivity contribution in [2.24, 2.45) is 0 Å². The van der Waals surface area contributed by atoms with Gasteiger partial charge in [0.2, 0.25) is 0 Å². The van der Waals surface area contributed by atoms with Crippen LogP contribution in [0.5, 0.6) is 0 Å². The van der Waals surface area contributed by atoms with E-state index in [1.54, 1.807) is 17.0 Å². The Bertz CT molecular complexity index is 235. The molecule has 1 aromatic heterocycles. The standard InChI is InChI=1S/C5H5BN3/c1-5-2-9(4-8-5)6-3-7/h2,4H,1H3. The summed E-state index contributed by atoms with van der Waals surface area (Å²) in [5.41, 5.74) is 0.918. The summed E-state index contributed by atoms with van der Waals surface area (Å²) in [5, 5.41) is 8.17. The first-order chi connectivity index (χ1) is 4.33. The number of hydrogen-bond acceptors (Lipinski definition) is 2. The first kappa shape index (κ1) is 5.89. The molecule has 0 unspecified atom stereocenters. The average molecular weight is 118 g/mol. The molecule has 0 saturated carbocycles. The molecule has 0 bridgehead atoms. The maximum absolute atomic E-state index is 8.17. The van der Waals surface area contributed by atoms with Crippen LogP contribution in [-0.4, -0.2) is 16.9 Å². The normalized spacial score (nSPS) is 8.44. The molecule has 43 valence electrons. The van der Waals surface area contributed by atoms with Crippen LogP contribution in [0.15, 0.2) is 12.5 Å². The maximum atomic E-state index is 8.17. The molecule has 1 heterocycles. The molecule has 1 rings (SSSR count). The fourth-order valence-electron chi connectivity index (χ4n) is 0.577. The average Bonchev–Trinajstić information content (AvgIpc) is 2.17. The van der Waals surface area contributed by atoms with Crippen LogP contribution in [0.25, 0.3) is 0 Å². The molecular weight excluding hydrogens is 113 g/mol. The van der Waals surface area contributed by atoms with E-state index in [1.807, 2.05) is 12.9 Å². The minimum Gasteiger partial charge on any atom is -0.371 e. The Hall–Kier alpha value is -1.24. The van der Waals surface area contributed by atoms with Gasteiger partial charge in [0.05, 0.1) is 12.0 Å². The van der Waals surface area contributed by atoms with Gasteiger partial charge in [-0.3, -0.25) is 0 Å². The molecule has 9 heavy (non-hydrogen) atoms. The Morgan fingerprint density at radius 3 is 3.11 bits per heavy atom. The van der Waals surface area contributed by atoms with E-state index in [0.717, 1.165) is 5.69 Å². The molecule has 0 aliphatic carbocycles. The molecule has 0 aromatic carbocycles. The smallest absolute Gasteiger partial charge is 0.371 e. The van der Waals surface area contributed by atoms with Crippen LogP contribution in [0.4, 0.5) is 0 Å². The van der Waals surface area contributed by atoms with Gasteiger partial charge in [-0.2, -0.15) is 0 Å². The van der Waals surface area contributed by atoms with Crippen molar-refractivity contribution < 1.29 is 0 Å². The monoisotopic (exact) mass is 118 g/mol. The SMILES string of the molecule is Cc1cn([B]C#N)cn1. The number of aromatic nitrogens is 2. The quantitative estimate of drug-likeness (QED) is 0.492. The van der Waals surface area contributed by atoms with Crippen LogP contribution in [0.3, 0.4) is 0 Å². The third-order valence-corrected chi connectivity index (χ3v) is 0.937. The Balaban J connectivity index is 2.76. The zero-order valence-corrected chi connectivity index (χ0v) is 5.07. The number of rotatable bonds is 1. The number of nitriles is 1. The van der Waals surface area contributed by atoms with E-state index in [2.05, 4.69) is 4.98 Å². The van der Waals surface area contributed by atoms with Gasteiger partial charge in [-0.25, -0.2) is 10.2 Å². The molecule has 0 aliphatic heterocycles. The van der Waals surface area contributed by atoms with Gasteiger partial charge in [0.15, 0.2) is 0 Å². The Morgan fingerprint density at radius 1 is 1.89 bits per heavy atom. The fourth-order valence-corrected chi connectivity index (χ4v) is 0.577. The second-order valence-corrected chi connectivity index (χ2v) is 1.72. The fraction of sp³-hybridized carbons (Fsp3) is 0.200. The summed E-state index contributed by atoms with van der Waals surface area (Å²) in [7, 11) is 1.39. The Kier molecular flexibility index (Phi) is 1.54. The first-order valence-corrected chi connectivity index (χ1v) is 2.56. The molecule has 1 aromatic rings. The van der Waals surface area contributed by atoms with Crippen LogP contribution < -0.4 is 0 Å². The molecule has 0 N–H and O–H groups in total. The lowest BCUT2D eigenvalue weighted by Crippen LogP contribution is -1.98. The van der Waals surface area contributed by atoms with Crippen LogP contribution in [0.1, 0.15) is 5.69 Å². The van der Waals surface area contributed by atoms with Crippen molar-refractivity contribution in [1.82, 2.24) is 9.46 Å². The molecule has 0 amide bonds. The van der Waals surface area contributed by atoms with Crippen LogP contribution in [0.2, 0.25) is 0 Å². The maximum Gasteiger partial charge on any atom is 0.392 e. The number of nitrogens with zero attached hydrogens (tertiary/aromatic N) is 3. The van der Waals surface area contributed by atoms with Crippen molar-refractivity contribution in [2.75, 3.05) is 0 Å². The van der Waals surface area contributed by atoms with E-state index in [4.69, 9.17) is 5.26 Å². The molecule has 0 spiro atoms. The lowest BCUT2D eigenvalue weighted by atomic mass is 9.99. The molecule has 0 aliphatic rings. The van der Waals surface area contributed by atoms with Gasteiger partial charge in [-0.15, -0.1) is 0 Å². The van der Waals surface area contributed by atoms with Crippen LogP contribution >= 0.6 is 0 Å². The summed E-state index contributed by atoms with van der Waals surface area (Å²) in [4.78, 5) is 3.92. The van der Waals surface area contributed by atoms with Crippen molar-refractivity contribution in [1.29, 1.82) is 5.26 Å². The van der Waals surface area contributed by atoms with Gasteiger partial charge in [0.1, 0.15) is 0 Å². The van der Waals surface area contributed by atoms with Gasteiger partial charge in [0, 0.05) is 12.2 Å². The van der Waals surface area contributed by atoms with Crippen molar-refractivity contribution in [3.63, 3.8) is 0 Å². The summed E-state index contributed by atoms with van der Waals surface area (Å²) >= 11 is 0. The van der Waals surface area contributed by atoms with E-state index >= 15 is 0 Å². The number of hydrogen-bond donors (Lipinski definition) is 0. The van der Waals surface area contributed by atoms with E-state index in [-0.39, 0.29) is 0 Å². The van der Waals surface area contributed by atoms with E-state index in [0.29, 0.717) is 0 Å². The summed E-state index contributed by atoms with van der Waals surface area (Å²) in [6.07, 6.45) is 3.38. The van der Waals surface area contributed by atoms with E-state index in [1.165, 1.54) is 7.41 Å². The molecular formula is C5H5BN3. The summed E-state index contributed by atoms with van der Waals surface area (Å²) in [6, 6.07) is 0. The lowest BCUT2D eigenvalue weighted by Gasteiger charge is -1.83. The molecule has 0 fully saturated rings. The predicted molar refractivity (Wildman–Crippen MR) is 33.7 cm³/mol. The highest BCUT2D eigenvalue weighted by Gasteiger charge is 1.92. The van der Waals surface area contributed by atoms with Gasteiger partial charge in [-0.1, -0.05) is 0 Å². The second kappa shape index (κ2) is 2.36. The highest BCUT2D eigenvalue weighted by Crippen LogP contribution is 1.88. The van der Waals surface area contributed by atoms with E-state index in [9.17, 15) is 0 Å². The number of aryl methyl sites for hydroxylation is 1. The topological polar surface area (TPSA) is 41.6 Å². The largest absolute Gasteiger partial charge is 0.392 e. The van der Waals surface area contributed by atoms with Crippen LogP contribution in [-0.2, 0) is 0 Å². The van der Waals surface area contributed by atoms with Crippen LogP contribution in [0, 0.1) is 18.2 Å². The number of imidazole rings is 1. The zero-order chi connectivity index (χ0) is 6.69. The molecule has 1 radical (unpaired) electrons.